The lowest BCUT2D eigenvalue weighted by Gasteiger charge is -2.12. The van der Waals surface area contributed by atoms with Crippen molar-refractivity contribution < 1.29 is 14.3 Å². The molecule has 0 saturated heterocycles. The molecule has 1 heterocycles. The largest absolute Gasteiger partial charge is 0.473 e. The maximum atomic E-state index is 11.0. The lowest BCUT2D eigenvalue weighted by Crippen LogP contribution is -2.06. The smallest absolute Gasteiger partial charge is 0.302 e. The fourth-order valence-electron chi connectivity index (χ4n) is 1.94. The van der Waals surface area contributed by atoms with Crippen molar-refractivity contribution in [1.29, 1.82) is 0 Å². The van der Waals surface area contributed by atoms with Gasteiger partial charge in [0.1, 0.15) is 13.2 Å². The lowest BCUT2D eigenvalue weighted by atomic mass is 10.0. The molecular formula is C17H19NO3. The van der Waals surface area contributed by atoms with Crippen molar-refractivity contribution in [3.8, 4) is 5.88 Å². The van der Waals surface area contributed by atoms with Crippen molar-refractivity contribution in [3.63, 3.8) is 0 Å². The quantitative estimate of drug-likeness (QED) is 0.764. The van der Waals surface area contributed by atoms with E-state index in [2.05, 4.69) is 18.0 Å². The van der Waals surface area contributed by atoms with Crippen molar-refractivity contribution in [2.75, 3.05) is 0 Å². The zero-order chi connectivity index (χ0) is 15.1. The number of aromatic nitrogens is 1. The van der Waals surface area contributed by atoms with Gasteiger partial charge in [0, 0.05) is 19.2 Å². The van der Waals surface area contributed by atoms with Crippen LogP contribution in [0.25, 0.3) is 0 Å². The summed E-state index contributed by atoms with van der Waals surface area (Å²) >= 11 is 0. The molecule has 0 aliphatic heterocycles. The van der Waals surface area contributed by atoms with Crippen LogP contribution in [0.5, 0.6) is 5.88 Å². The summed E-state index contributed by atoms with van der Waals surface area (Å²) in [7, 11) is 0. The second-order valence-electron chi connectivity index (χ2n) is 4.69. The van der Waals surface area contributed by atoms with Crippen LogP contribution >= 0.6 is 0 Å². The molecule has 0 N–H and O–H groups in total. The first-order valence-electron chi connectivity index (χ1n) is 6.97. The van der Waals surface area contributed by atoms with E-state index in [9.17, 15) is 4.79 Å². The molecule has 0 spiro atoms. The van der Waals surface area contributed by atoms with Gasteiger partial charge in [-0.05, 0) is 29.2 Å². The van der Waals surface area contributed by atoms with E-state index in [-0.39, 0.29) is 12.6 Å². The number of aryl methyl sites for hydroxylation is 1. The number of benzene rings is 1. The lowest BCUT2D eigenvalue weighted by molar-refractivity contribution is -0.142. The monoisotopic (exact) mass is 285 g/mol. The van der Waals surface area contributed by atoms with Crippen molar-refractivity contribution >= 4 is 5.97 Å². The van der Waals surface area contributed by atoms with Crippen molar-refractivity contribution in [2.24, 2.45) is 0 Å². The number of nitrogens with zero attached hydrogens (tertiary/aromatic N) is 1. The number of esters is 1. The van der Waals surface area contributed by atoms with Gasteiger partial charge in [0.15, 0.2) is 0 Å². The van der Waals surface area contributed by atoms with Gasteiger partial charge in [-0.3, -0.25) is 4.79 Å². The third-order valence-electron chi connectivity index (χ3n) is 3.12. The summed E-state index contributed by atoms with van der Waals surface area (Å²) < 4.78 is 10.8. The molecule has 1 aromatic carbocycles. The molecule has 0 amide bonds. The van der Waals surface area contributed by atoms with Crippen molar-refractivity contribution in [3.05, 3.63) is 59.3 Å². The Labute approximate surface area is 124 Å². The topological polar surface area (TPSA) is 48.4 Å². The average Bonchev–Trinajstić information content (AvgIpc) is 2.52. The van der Waals surface area contributed by atoms with E-state index in [0.29, 0.717) is 12.5 Å². The highest BCUT2D eigenvalue weighted by atomic mass is 16.5. The Morgan fingerprint density at radius 3 is 2.67 bits per heavy atom. The maximum absolute atomic E-state index is 11.0. The minimum Gasteiger partial charge on any atom is -0.473 e. The molecule has 0 bridgehead atoms. The van der Waals surface area contributed by atoms with Gasteiger partial charge in [0.05, 0.1) is 0 Å². The first kappa shape index (κ1) is 15.0. The van der Waals surface area contributed by atoms with E-state index in [1.165, 1.54) is 12.5 Å². The van der Waals surface area contributed by atoms with Crippen LogP contribution in [-0.2, 0) is 29.2 Å². The molecule has 0 aliphatic rings. The minimum absolute atomic E-state index is 0.264. The summed E-state index contributed by atoms with van der Waals surface area (Å²) in [6.45, 7) is 4.18. The van der Waals surface area contributed by atoms with Crippen LogP contribution in [-0.4, -0.2) is 11.0 Å². The van der Waals surface area contributed by atoms with Crippen LogP contribution in [0.3, 0.4) is 0 Å². The van der Waals surface area contributed by atoms with Gasteiger partial charge in [0.25, 0.3) is 0 Å². The Hall–Kier alpha value is -2.36. The normalized spacial score (nSPS) is 10.2. The molecule has 4 nitrogen and oxygen atoms in total. The van der Waals surface area contributed by atoms with Crippen LogP contribution in [0.1, 0.15) is 30.5 Å². The molecule has 0 saturated carbocycles. The summed E-state index contributed by atoms with van der Waals surface area (Å²) in [4.78, 5) is 15.1. The second kappa shape index (κ2) is 7.43. The van der Waals surface area contributed by atoms with E-state index in [4.69, 9.17) is 9.47 Å². The number of carbonyl (C=O) groups excluding carboxylic acids is 1. The molecule has 0 radical (unpaired) electrons. The first-order valence-corrected chi connectivity index (χ1v) is 6.97. The molecule has 21 heavy (non-hydrogen) atoms. The van der Waals surface area contributed by atoms with Crippen LogP contribution in [0, 0.1) is 0 Å². The van der Waals surface area contributed by atoms with Crippen molar-refractivity contribution in [2.45, 2.75) is 33.5 Å². The molecular weight excluding hydrogens is 266 g/mol. The number of ether oxygens (including phenoxy) is 2. The van der Waals surface area contributed by atoms with Gasteiger partial charge < -0.3 is 9.47 Å². The van der Waals surface area contributed by atoms with Crippen LogP contribution in [0.4, 0.5) is 0 Å². The number of hydrogen-bond acceptors (Lipinski definition) is 4. The number of hydrogen-bond donors (Lipinski definition) is 0. The molecule has 4 heteroatoms. The predicted molar refractivity (Wildman–Crippen MR) is 79.9 cm³/mol. The van der Waals surface area contributed by atoms with Crippen LogP contribution < -0.4 is 4.74 Å². The van der Waals surface area contributed by atoms with E-state index in [0.717, 1.165) is 17.5 Å². The summed E-state index contributed by atoms with van der Waals surface area (Å²) in [5.41, 5.74) is 3.20. The molecule has 2 aromatic rings. The summed E-state index contributed by atoms with van der Waals surface area (Å²) in [5, 5.41) is 0. The molecule has 1 aromatic heterocycles. The summed E-state index contributed by atoms with van der Waals surface area (Å²) in [6.07, 6.45) is 2.64. The Morgan fingerprint density at radius 1 is 1.14 bits per heavy atom. The average molecular weight is 285 g/mol. The van der Waals surface area contributed by atoms with Gasteiger partial charge in [-0.1, -0.05) is 31.2 Å². The Kier molecular flexibility index (Phi) is 5.32. The highest BCUT2D eigenvalue weighted by Gasteiger charge is 2.07. The minimum atomic E-state index is -0.286. The zero-order valence-corrected chi connectivity index (χ0v) is 12.3. The number of pyridine rings is 1. The highest BCUT2D eigenvalue weighted by Crippen LogP contribution is 2.17. The maximum Gasteiger partial charge on any atom is 0.302 e. The fraction of sp³-hybridized carbons (Fsp3) is 0.294. The van der Waals surface area contributed by atoms with Gasteiger partial charge >= 0.3 is 5.97 Å². The molecule has 110 valence electrons. The second-order valence-corrected chi connectivity index (χ2v) is 4.69. The Bertz CT molecular complexity index is 596. The summed E-state index contributed by atoms with van der Waals surface area (Å²) in [6, 6.07) is 11.7. The van der Waals surface area contributed by atoms with E-state index >= 15 is 0 Å². The zero-order valence-electron chi connectivity index (χ0n) is 12.3. The van der Waals surface area contributed by atoms with Gasteiger partial charge in [0.2, 0.25) is 5.88 Å². The number of rotatable bonds is 6. The third-order valence-corrected chi connectivity index (χ3v) is 3.12. The summed E-state index contributed by atoms with van der Waals surface area (Å²) in [5.74, 6) is 0.295. The van der Waals surface area contributed by atoms with Crippen LogP contribution in [0.15, 0.2) is 42.6 Å². The van der Waals surface area contributed by atoms with Gasteiger partial charge in [-0.15, -0.1) is 0 Å². The third kappa shape index (κ3) is 4.60. The first-order chi connectivity index (χ1) is 10.2. The van der Waals surface area contributed by atoms with E-state index < -0.39 is 0 Å². The van der Waals surface area contributed by atoms with E-state index in [1.54, 1.807) is 6.20 Å². The Balaban J connectivity index is 2.12. The molecule has 0 atom stereocenters. The van der Waals surface area contributed by atoms with Gasteiger partial charge in [-0.2, -0.15) is 0 Å². The van der Waals surface area contributed by atoms with Crippen LogP contribution in [0.2, 0.25) is 0 Å². The van der Waals surface area contributed by atoms with Crippen molar-refractivity contribution in [1.82, 2.24) is 4.98 Å². The molecule has 2 rings (SSSR count). The molecule has 0 unspecified atom stereocenters. The fourth-order valence-corrected chi connectivity index (χ4v) is 1.94. The standard InChI is InChI=1S/C17H19NO3/c1-3-14-7-8-15(11-20-13(2)19)16(10-14)12-21-17-6-4-5-9-18-17/h4-10H,3,11-12H2,1-2H3. The SMILES string of the molecule is CCc1ccc(COC(C)=O)c(COc2ccccn2)c1. The predicted octanol–water partition coefficient (Wildman–Crippen LogP) is 3.29. The van der Waals surface area contributed by atoms with Gasteiger partial charge in [-0.25, -0.2) is 4.98 Å². The Morgan fingerprint density at radius 2 is 2.00 bits per heavy atom. The molecule has 0 aliphatic carbocycles. The molecule has 0 fully saturated rings. The highest BCUT2D eigenvalue weighted by molar-refractivity contribution is 5.66. The van der Waals surface area contributed by atoms with E-state index in [1.807, 2.05) is 30.3 Å². The number of carbonyl (C=O) groups is 1.